The summed E-state index contributed by atoms with van der Waals surface area (Å²) in [4.78, 5) is 7.02. The van der Waals surface area contributed by atoms with Crippen LogP contribution in [0, 0.1) is 12.7 Å². The van der Waals surface area contributed by atoms with E-state index in [9.17, 15) is 4.39 Å². The van der Waals surface area contributed by atoms with Crippen molar-refractivity contribution in [3.05, 3.63) is 76.6 Å². The van der Waals surface area contributed by atoms with Gasteiger partial charge in [-0.1, -0.05) is 18.2 Å². The zero-order valence-corrected chi connectivity index (χ0v) is 18.1. The molecule has 4 rings (SSSR count). The third-order valence-electron chi connectivity index (χ3n) is 5.64. The quantitative estimate of drug-likeness (QED) is 0.506. The Labute approximate surface area is 181 Å². The van der Waals surface area contributed by atoms with E-state index >= 15 is 0 Å². The Kier molecular flexibility index (Phi) is 6.16. The number of methoxy groups -OCH3 is 1. The fourth-order valence-corrected chi connectivity index (χ4v) is 3.63. The number of hydrogen-bond acceptors (Lipinski definition) is 4. The van der Waals surface area contributed by atoms with E-state index in [4.69, 9.17) is 9.73 Å². The normalized spacial score (nSPS) is 13.8. The Morgan fingerprint density at radius 2 is 1.97 bits per heavy atom. The molecule has 7 nitrogen and oxygen atoms in total. The first-order chi connectivity index (χ1) is 15.0. The van der Waals surface area contributed by atoms with Gasteiger partial charge in [0.1, 0.15) is 17.4 Å². The van der Waals surface area contributed by atoms with Gasteiger partial charge >= 0.3 is 0 Å². The molecule has 2 heterocycles. The van der Waals surface area contributed by atoms with Gasteiger partial charge in [0.2, 0.25) is 0 Å². The minimum Gasteiger partial charge on any atom is -0.497 e. The smallest absolute Gasteiger partial charge is 0.194 e. The van der Waals surface area contributed by atoms with Crippen LogP contribution in [0.2, 0.25) is 0 Å². The lowest BCUT2D eigenvalue weighted by atomic mass is 10.00. The number of guanidine groups is 1. The molecule has 0 aliphatic carbocycles. The van der Waals surface area contributed by atoms with Crippen molar-refractivity contribution in [3.8, 4) is 5.75 Å². The van der Waals surface area contributed by atoms with Gasteiger partial charge in [-0.2, -0.15) is 0 Å². The van der Waals surface area contributed by atoms with Crippen molar-refractivity contribution in [3.63, 3.8) is 0 Å². The molecule has 1 N–H and O–H groups in total. The number of nitrogens with zero attached hydrogens (tertiary/aromatic N) is 5. The monoisotopic (exact) mass is 422 g/mol. The molecule has 8 heteroatoms. The van der Waals surface area contributed by atoms with Crippen LogP contribution in [0.3, 0.4) is 0 Å². The van der Waals surface area contributed by atoms with Gasteiger partial charge in [0.15, 0.2) is 11.8 Å². The van der Waals surface area contributed by atoms with Gasteiger partial charge in [0.25, 0.3) is 0 Å². The van der Waals surface area contributed by atoms with Crippen LogP contribution in [0.25, 0.3) is 0 Å². The summed E-state index contributed by atoms with van der Waals surface area (Å²) in [6, 6.07) is 12.9. The Morgan fingerprint density at radius 1 is 1.16 bits per heavy atom. The highest BCUT2D eigenvalue weighted by Gasteiger charge is 2.20. The topological polar surface area (TPSA) is 67.6 Å². The maximum Gasteiger partial charge on any atom is 0.194 e. The minimum absolute atomic E-state index is 0.208. The number of halogens is 1. The average molecular weight is 423 g/mol. The zero-order chi connectivity index (χ0) is 21.8. The lowest BCUT2D eigenvalue weighted by molar-refractivity contribution is 0.375. The summed E-state index contributed by atoms with van der Waals surface area (Å²) < 4.78 is 21.0. The Bertz CT molecular complexity index is 1080. The molecule has 0 saturated carbocycles. The van der Waals surface area contributed by atoms with Crippen LogP contribution >= 0.6 is 0 Å². The fraction of sp³-hybridized carbons (Fsp3) is 0.348. The van der Waals surface area contributed by atoms with Gasteiger partial charge in [-0.25, -0.2) is 9.38 Å². The van der Waals surface area contributed by atoms with Crippen LogP contribution < -0.4 is 10.1 Å². The summed E-state index contributed by atoms with van der Waals surface area (Å²) in [6.07, 6.45) is 0.849. The van der Waals surface area contributed by atoms with Crippen molar-refractivity contribution < 1.29 is 9.13 Å². The Morgan fingerprint density at radius 3 is 2.68 bits per heavy atom. The highest BCUT2D eigenvalue weighted by Crippen LogP contribution is 2.20. The number of fused-ring (bicyclic) bond motifs is 1. The van der Waals surface area contributed by atoms with E-state index in [0.29, 0.717) is 19.6 Å². The van der Waals surface area contributed by atoms with Crippen LogP contribution in [0.15, 0.2) is 47.5 Å². The predicted octanol–water partition coefficient (Wildman–Crippen LogP) is 2.98. The Balaban J connectivity index is 1.54. The Hall–Kier alpha value is -3.42. The number of nitrogens with one attached hydrogen (secondary N) is 1. The van der Waals surface area contributed by atoms with Crippen molar-refractivity contribution in [2.24, 2.45) is 12.0 Å². The van der Waals surface area contributed by atoms with Crippen LogP contribution in [-0.2, 0) is 33.1 Å². The maximum atomic E-state index is 13.8. The number of aryl methyl sites for hydroxylation is 1. The molecule has 0 atom stereocenters. The van der Waals surface area contributed by atoms with Gasteiger partial charge in [0.05, 0.1) is 20.2 Å². The molecule has 0 saturated heterocycles. The lowest BCUT2D eigenvalue weighted by Crippen LogP contribution is -2.44. The molecular weight excluding hydrogens is 395 g/mol. The number of aromatic nitrogens is 3. The van der Waals surface area contributed by atoms with Crippen molar-refractivity contribution in [2.45, 2.75) is 33.0 Å². The molecule has 0 amide bonds. The average Bonchev–Trinajstić information content (AvgIpc) is 3.11. The van der Waals surface area contributed by atoms with E-state index in [1.165, 1.54) is 11.6 Å². The first kappa shape index (κ1) is 20.8. The van der Waals surface area contributed by atoms with Gasteiger partial charge < -0.3 is 19.5 Å². The third-order valence-corrected chi connectivity index (χ3v) is 5.64. The van der Waals surface area contributed by atoms with Crippen LogP contribution in [0.1, 0.15) is 28.3 Å². The van der Waals surface area contributed by atoms with Gasteiger partial charge in [-0.3, -0.25) is 0 Å². The molecule has 0 fully saturated rings. The highest BCUT2D eigenvalue weighted by molar-refractivity contribution is 5.80. The summed E-state index contributed by atoms with van der Waals surface area (Å²) in [5.41, 5.74) is 3.27. The van der Waals surface area contributed by atoms with Crippen molar-refractivity contribution >= 4 is 5.96 Å². The first-order valence-corrected chi connectivity index (χ1v) is 10.3. The summed E-state index contributed by atoms with van der Waals surface area (Å²) in [7, 11) is 3.60. The fourth-order valence-electron chi connectivity index (χ4n) is 3.63. The van der Waals surface area contributed by atoms with E-state index < -0.39 is 0 Å². The van der Waals surface area contributed by atoms with Gasteiger partial charge in [0, 0.05) is 20.1 Å². The van der Waals surface area contributed by atoms with E-state index in [2.05, 4.69) is 20.4 Å². The van der Waals surface area contributed by atoms with Crippen molar-refractivity contribution in [1.82, 2.24) is 25.0 Å². The van der Waals surface area contributed by atoms with E-state index in [0.717, 1.165) is 47.5 Å². The van der Waals surface area contributed by atoms with Crippen molar-refractivity contribution in [1.29, 1.82) is 0 Å². The molecule has 0 unspecified atom stereocenters. The maximum absolute atomic E-state index is 13.8. The minimum atomic E-state index is -0.208. The zero-order valence-electron chi connectivity index (χ0n) is 18.1. The second-order valence-corrected chi connectivity index (χ2v) is 7.65. The molecule has 0 spiro atoms. The van der Waals surface area contributed by atoms with Crippen LogP contribution in [0.4, 0.5) is 4.39 Å². The molecule has 1 aliphatic rings. The summed E-state index contributed by atoms with van der Waals surface area (Å²) in [5.74, 6) is 3.07. The summed E-state index contributed by atoms with van der Waals surface area (Å²) >= 11 is 0. The third kappa shape index (κ3) is 4.84. The van der Waals surface area contributed by atoms with E-state index in [-0.39, 0.29) is 5.82 Å². The molecule has 1 aliphatic heterocycles. The summed E-state index contributed by atoms with van der Waals surface area (Å²) in [6.45, 7) is 4.37. The molecule has 162 valence electrons. The molecule has 2 aromatic carbocycles. The largest absolute Gasteiger partial charge is 0.497 e. The second kappa shape index (κ2) is 9.16. The molecule has 0 radical (unpaired) electrons. The molecule has 0 bridgehead atoms. The number of aliphatic imine (C=N–C) groups is 1. The standard InChI is InChI=1S/C23H27FN6O/c1-16-27-28-22(29(16)2)14-26-23(25-13-17-4-8-21(31-3)9-5-17)30-11-10-18-6-7-20(24)12-19(18)15-30/h4-9,12H,10-11,13-15H2,1-3H3,(H,25,26). The van der Waals surface area contributed by atoms with Crippen LogP contribution in [-0.4, -0.2) is 39.3 Å². The lowest BCUT2D eigenvalue weighted by Gasteiger charge is -2.32. The second-order valence-electron chi connectivity index (χ2n) is 7.65. The van der Waals surface area contributed by atoms with E-state index in [1.807, 2.05) is 48.9 Å². The predicted molar refractivity (Wildman–Crippen MR) is 117 cm³/mol. The summed E-state index contributed by atoms with van der Waals surface area (Å²) in [5, 5.41) is 11.8. The number of rotatable bonds is 5. The number of hydrogen-bond donors (Lipinski definition) is 1. The molecule has 3 aromatic rings. The van der Waals surface area contributed by atoms with E-state index in [1.54, 1.807) is 13.2 Å². The molecular formula is C23H27FN6O. The molecule has 1 aromatic heterocycles. The van der Waals surface area contributed by atoms with Gasteiger partial charge in [-0.05, 0) is 54.3 Å². The first-order valence-electron chi connectivity index (χ1n) is 10.3. The highest BCUT2D eigenvalue weighted by atomic mass is 19.1. The number of benzene rings is 2. The van der Waals surface area contributed by atoms with Gasteiger partial charge in [-0.15, -0.1) is 10.2 Å². The molecule has 31 heavy (non-hydrogen) atoms. The number of ether oxygens (including phenoxy) is 1. The van der Waals surface area contributed by atoms with Crippen molar-refractivity contribution in [2.75, 3.05) is 13.7 Å². The van der Waals surface area contributed by atoms with Crippen LogP contribution in [0.5, 0.6) is 5.75 Å². The SMILES string of the molecule is COc1ccc(CN=C(NCc2nnc(C)n2C)N2CCc3ccc(F)cc3C2)cc1.